The summed E-state index contributed by atoms with van der Waals surface area (Å²) in [4.78, 5) is 1.06. The molecule has 0 amide bonds. The minimum Gasteiger partial charge on any atom is -0.495 e. The zero-order valence-corrected chi connectivity index (χ0v) is 17.0. The molecule has 0 saturated heterocycles. The first kappa shape index (κ1) is 18.7. The van der Waals surface area contributed by atoms with E-state index in [4.69, 9.17) is 11.2 Å². The molecular weight excluding hydrogens is 390 g/mol. The van der Waals surface area contributed by atoms with E-state index in [0.29, 0.717) is 6.42 Å². The van der Waals surface area contributed by atoms with E-state index in [2.05, 4.69) is 30.9 Å². The quantitative estimate of drug-likeness (QED) is 0.366. The lowest BCUT2D eigenvalue weighted by molar-refractivity contribution is 0.412. The van der Waals surface area contributed by atoms with Crippen LogP contribution in [0.3, 0.4) is 0 Å². The van der Waals surface area contributed by atoms with Crippen molar-refractivity contribution in [3.8, 4) is 34.5 Å². The number of hydrogen-bond acceptors (Lipinski definition) is 7. The molecule has 0 atom stereocenters. The molecule has 1 aliphatic rings. The van der Waals surface area contributed by atoms with Crippen LogP contribution in [0.5, 0.6) is 5.75 Å². The summed E-state index contributed by atoms with van der Waals surface area (Å²) in [6.45, 7) is 0. The molecule has 1 aliphatic heterocycles. The summed E-state index contributed by atoms with van der Waals surface area (Å²) in [6, 6.07) is 12.0. The lowest BCUT2D eigenvalue weighted by Crippen LogP contribution is -2.11. The summed E-state index contributed by atoms with van der Waals surface area (Å²) in [5.74, 6) is 5.08. The number of para-hydroxylation sites is 2. The van der Waals surface area contributed by atoms with Crippen molar-refractivity contribution in [2.45, 2.75) is 30.1 Å². The molecule has 3 heterocycles. The smallest absolute Gasteiger partial charge is 0.196 e. The Morgan fingerprint density at radius 2 is 2.04 bits per heavy atom. The molecule has 6 nitrogen and oxygen atoms in total. The molecule has 0 spiro atoms. The highest BCUT2D eigenvalue weighted by Gasteiger charge is 2.38. The van der Waals surface area contributed by atoms with Gasteiger partial charge < -0.3 is 4.74 Å². The Hall–Kier alpha value is -2.63. The third-order valence-electron chi connectivity index (χ3n) is 4.49. The highest BCUT2D eigenvalue weighted by atomic mass is 32.2. The third-order valence-corrected chi connectivity index (χ3v) is 6.28. The lowest BCUT2D eigenvalue weighted by atomic mass is 10.1. The van der Waals surface area contributed by atoms with Gasteiger partial charge in [0.15, 0.2) is 16.6 Å². The second kappa shape index (κ2) is 8.17. The average Bonchev–Trinajstić information content (AvgIpc) is 3.11. The fourth-order valence-corrected chi connectivity index (χ4v) is 4.66. The van der Waals surface area contributed by atoms with Crippen LogP contribution >= 0.6 is 23.1 Å². The Morgan fingerprint density at radius 1 is 1.18 bits per heavy atom. The first-order valence-electron chi connectivity index (χ1n) is 8.89. The maximum Gasteiger partial charge on any atom is 0.196 e. The Balaban J connectivity index is 1.60. The molecule has 1 aromatic carbocycles. The maximum absolute atomic E-state index is 5.58. The molecule has 4 rings (SSSR count). The van der Waals surface area contributed by atoms with Gasteiger partial charge in [-0.25, -0.2) is 0 Å². The van der Waals surface area contributed by atoms with E-state index in [0.717, 1.165) is 45.9 Å². The number of methoxy groups -OCH3 is 1. The number of ether oxygens (including phenoxy) is 1. The molecule has 0 unspecified atom stereocenters. The number of terminal acetylenes is 1. The van der Waals surface area contributed by atoms with Crippen molar-refractivity contribution in [3.63, 3.8) is 0 Å². The van der Waals surface area contributed by atoms with Crippen molar-refractivity contribution in [1.29, 1.82) is 0 Å². The molecule has 8 heteroatoms. The van der Waals surface area contributed by atoms with E-state index in [1.165, 1.54) is 0 Å². The molecule has 0 bridgehead atoms. The average molecular weight is 410 g/mol. The van der Waals surface area contributed by atoms with Gasteiger partial charge in [-0.05, 0) is 23.6 Å². The third kappa shape index (κ3) is 3.81. The minimum absolute atomic E-state index is 0.286. The van der Waals surface area contributed by atoms with Crippen LogP contribution in [0, 0.1) is 12.3 Å². The molecule has 142 valence electrons. The van der Waals surface area contributed by atoms with Crippen LogP contribution in [-0.2, 0) is 0 Å². The minimum atomic E-state index is -0.286. The van der Waals surface area contributed by atoms with Crippen LogP contribution in [-0.4, -0.2) is 33.3 Å². The van der Waals surface area contributed by atoms with E-state index in [-0.39, 0.29) is 5.66 Å². The Bertz CT molecular complexity index is 1010. The molecule has 0 N–H and O–H groups in total. The number of thiophene rings is 1. The lowest BCUT2D eigenvalue weighted by Gasteiger charge is -2.13. The van der Waals surface area contributed by atoms with Gasteiger partial charge in [-0.15, -0.1) is 33.9 Å². The molecule has 0 saturated carbocycles. The second-order valence-corrected chi connectivity index (χ2v) is 8.29. The molecule has 0 aliphatic carbocycles. The Labute approximate surface area is 172 Å². The van der Waals surface area contributed by atoms with Crippen LogP contribution in [0.25, 0.3) is 16.4 Å². The number of thioether (sulfide) groups is 1. The van der Waals surface area contributed by atoms with Gasteiger partial charge in [0, 0.05) is 25.0 Å². The number of hydrogen-bond donors (Lipinski definition) is 0. The molecule has 2 aromatic heterocycles. The summed E-state index contributed by atoms with van der Waals surface area (Å²) < 4.78 is 7.64. The summed E-state index contributed by atoms with van der Waals surface area (Å²) in [5.41, 5.74) is 0.634. The van der Waals surface area contributed by atoms with E-state index < -0.39 is 0 Å². The summed E-state index contributed by atoms with van der Waals surface area (Å²) >= 11 is 3.28. The van der Waals surface area contributed by atoms with Crippen molar-refractivity contribution in [3.05, 3.63) is 41.8 Å². The van der Waals surface area contributed by atoms with Gasteiger partial charge in [0.05, 0.1) is 17.7 Å². The fraction of sp³-hybridized carbons (Fsp3) is 0.300. The fourth-order valence-electron chi connectivity index (χ4n) is 2.93. The maximum atomic E-state index is 5.58. The highest BCUT2D eigenvalue weighted by molar-refractivity contribution is 7.99. The van der Waals surface area contributed by atoms with Gasteiger partial charge >= 0.3 is 0 Å². The van der Waals surface area contributed by atoms with Crippen LogP contribution in [0.15, 0.2) is 57.2 Å². The van der Waals surface area contributed by atoms with Crippen molar-refractivity contribution in [2.24, 2.45) is 10.2 Å². The predicted molar refractivity (Wildman–Crippen MR) is 112 cm³/mol. The second-order valence-electron chi connectivity index (χ2n) is 6.28. The Kier molecular flexibility index (Phi) is 5.46. The number of aromatic nitrogens is 3. The van der Waals surface area contributed by atoms with Crippen LogP contribution in [0.4, 0.5) is 0 Å². The van der Waals surface area contributed by atoms with Crippen molar-refractivity contribution in [1.82, 2.24) is 14.8 Å². The normalized spacial score (nSPS) is 14.0. The van der Waals surface area contributed by atoms with Gasteiger partial charge in [-0.1, -0.05) is 30.0 Å². The predicted octanol–water partition coefficient (Wildman–Crippen LogP) is 5.06. The van der Waals surface area contributed by atoms with Gasteiger partial charge in [-0.3, -0.25) is 4.57 Å². The Morgan fingerprint density at radius 3 is 2.75 bits per heavy atom. The van der Waals surface area contributed by atoms with E-state index >= 15 is 0 Å². The molecule has 3 aromatic rings. The van der Waals surface area contributed by atoms with Crippen molar-refractivity contribution >= 4 is 23.1 Å². The first-order chi connectivity index (χ1) is 13.8. The summed E-state index contributed by atoms with van der Waals surface area (Å²) in [7, 11) is 1.67. The van der Waals surface area contributed by atoms with Crippen molar-refractivity contribution in [2.75, 3.05) is 12.9 Å². The summed E-state index contributed by atoms with van der Waals surface area (Å²) in [5, 5.41) is 20.2. The van der Waals surface area contributed by atoms with Gasteiger partial charge in [0.1, 0.15) is 5.75 Å². The summed E-state index contributed by atoms with van der Waals surface area (Å²) in [6.07, 6.45) is 7.71. The van der Waals surface area contributed by atoms with Gasteiger partial charge in [-0.2, -0.15) is 10.2 Å². The molecule has 0 radical (unpaired) electrons. The monoisotopic (exact) mass is 409 g/mol. The standard InChI is InChI=1S/C20H19N5OS2/c1-3-4-11-20(23-24-20)12-14-28-19-22-21-18(17-10-7-13-27-17)25(19)15-8-5-6-9-16(15)26-2/h1,5-10,13H,4,11-12,14H2,2H3. The van der Waals surface area contributed by atoms with Gasteiger partial charge in [0.25, 0.3) is 0 Å². The molecule has 28 heavy (non-hydrogen) atoms. The number of nitrogens with zero attached hydrogens (tertiary/aromatic N) is 5. The molecule has 0 fully saturated rings. The van der Waals surface area contributed by atoms with E-state index in [1.807, 2.05) is 41.8 Å². The zero-order valence-electron chi connectivity index (χ0n) is 15.4. The van der Waals surface area contributed by atoms with Crippen LogP contribution in [0.2, 0.25) is 0 Å². The number of rotatable bonds is 9. The van der Waals surface area contributed by atoms with Gasteiger partial charge in [0.2, 0.25) is 0 Å². The molecular formula is C20H19N5OS2. The zero-order chi connectivity index (χ0) is 19.4. The highest BCUT2D eigenvalue weighted by Crippen LogP contribution is 2.39. The van der Waals surface area contributed by atoms with Crippen molar-refractivity contribution < 1.29 is 4.74 Å². The largest absolute Gasteiger partial charge is 0.495 e. The van der Waals surface area contributed by atoms with E-state index in [1.54, 1.807) is 30.2 Å². The SMILES string of the molecule is C#CCCC1(CCSc2nnc(-c3cccs3)n2-c2ccccc2OC)N=N1. The topological polar surface area (TPSA) is 64.7 Å². The van der Waals surface area contributed by atoms with Crippen LogP contribution < -0.4 is 4.74 Å². The first-order valence-corrected chi connectivity index (χ1v) is 10.8. The number of benzene rings is 1. The van der Waals surface area contributed by atoms with E-state index in [9.17, 15) is 0 Å². The van der Waals surface area contributed by atoms with Crippen LogP contribution in [0.1, 0.15) is 19.3 Å².